The maximum absolute atomic E-state index is 4.54. The van der Waals surface area contributed by atoms with E-state index in [2.05, 4.69) is 53.6 Å². The van der Waals surface area contributed by atoms with Crippen LogP contribution >= 0.6 is 12.2 Å². The van der Waals surface area contributed by atoms with Gasteiger partial charge in [-0.15, -0.1) is 0 Å². The van der Waals surface area contributed by atoms with Crippen molar-refractivity contribution in [1.82, 2.24) is 5.32 Å². The molecule has 3 N–H and O–H groups in total. The molecule has 1 saturated heterocycles. The Bertz CT molecular complexity index is 255. The van der Waals surface area contributed by atoms with Crippen LogP contribution in [0.5, 0.6) is 0 Å². The van der Waals surface area contributed by atoms with E-state index in [1.165, 1.54) is 18.5 Å². The minimum atomic E-state index is 0.760. The van der Waals surface area contributed by atoms with Crippen molar-refractivity contribution in [3.63, 3.8) is 0 Å². The van der Waals surface area contributed by atoms with Gasteiger partial charge in [0.15, 0.2) is 0 Å². The summed E-state index contributed by atoms with van der Waals surface area (Å²) in [5.41, 5.74) is 7.10. The number of hydrogen-bond acceptors (Lipinski definition) is 2. The molecule has 1 aliphatic rings. The lowest BCUT2D eigenvalue weighted by Gasteiger charge is -2.06. The molecule has 1 aromatic carbocycles. The van der Waals surface area contributed by atoms with Crippen molar-refractivity contribution >= 4 is 17.7 Å². The average molecular weight is 208 g/mol. The third-order valence-corrected chi connectivity index (χ3v) is 2.33. The molecule has 1 heterocycles. The highest BCUT2D eigenvalue weighted by molar-refractivity contribution is 7.78. The normalized spacial score (nSPS) is 19.6. The first-order valence-corrected chi connectivity index (χ1v) is 5.26. The molecule has 0 unspecified atom stereocenters. The predicted molar refractivity (Wildman–Crippen MR) is 64.5 cm³/mol. The Kier molecular flexibility index (Phi) is 5.19. The first kappa shape index (κ1) is 11.1. The molecule has 0 saturated carbocycles. The molecule has 0 aromatic heterocycles. The molecule has 1 aliphatic heterocycles. The van der Waals surface area contributed by atoms with Gasteiger partial charge in [-0.3, -0.25) is 0 Å². The molecule has 2 rings (SSSR count). The fraction of sp³-hybridized carbons (Fsp3) is 0.364. The summed E-state index contributed by atoms with van der Waals surface area (Å²) in [5, 5.41) is 3.37. The van der Waals surface area contributed by atoms with Gasteiger partial charge in [0, 0.05) is 6.54 Å². The van der Waals surface area contributed by atoms with Gasteiger partial charge in [0.1, 0.15) is 0 Å². The molecular weight excluding hydrogens is 192 g/mol. The van der Waals surface area contributed by atoms with Gasteiger partial charge in [0.25, 0.3) is 0 Å². The second-order valence-electron chi connectivity index (χ2n) is 3.24. The topological polar surface area (TPSA) is 38.0 Å². The minimum absolute atomic E-state index is 0.760. The van der Waals surface area contributed by atoms with Crippen molar-refractivity contribution in [1.29, 1.82) is 0 Å². The second-order valence-corrected chi connectivity index (χ2v) is 3.51. The molecule has 0 radical (unpaired) electrons. The van der Waals surface area contributed by atoms with Gasteiger partial charge in [0.2, 0.25) is 0 Å². The molecule has 0 bridgehead atoms. The molecule has 0 spiro atoms. The van der Waals surface area contributed by atoms with E-state index in [0.717, 1.165) is 18.0 Å². The Morgan fingerprint density at radius 1 is 1.36 bits per heavy atom. The summed E-state index contributed by atoms with van der Waals surface area (Å²) in [6.45, 7) is 2.34. The van der Waals surface area contributed by atoms with Gasteiger partial charge in [-0.1, -0.05) is 42.5 Å². The smallest absolute Gasteiger partial charge is 0.0588 e. The van der Waals surface area contributed by atoms with Crippen molar-refractivity contribution in [2.24, 2.45) is 5.73 Å². The lowest BCUT2D eigenvalue weighted by molar-refractivity contribution is 0.763. The fourth-order valence-electron chi connectivity index (χ4n) is 1.66. The zero-order valence-electron chi connectivity index (χ0n) is 8.15. The SMILES string of the molecule is NC=S.c1ccc([C@@H]2CCNC2)cc1. The Balaban J connectivity index is 0.000000293. The van der Waals surface area contributed by atoms with Gasteiger partial charge in [-0.05, 0) is 24.4 Å². The number of rotatable bonds is 1. The summed E-state index contributed by atoms with van der Waals surface area (Å²) in [6.07, 6.45) is 1.30. The zero-order chi connectivity index (χ0) is 10.2. The van der Waals surface area contributed by atoms with E-state index in [1.54, 1.807) is 0 Å². The van der Waals surface area contributed by atoms with E-state index in [-0.39, 0.29) is 0 Å². The summed E-state index contributed by atoms with van der Waals surface area (Å²) < 4.78 is 0. The number of benzene rings is 1. The molecule has 3 heteroatoms. The Hall–Kier alpha value is -0.930. The van der Waals surface area contributed by atoms with Crippen LogP contribution < -0.4 is 11.1 Å². The minimum Gasteiger partial charge on any atom is -0.396 e. The van der Waals surface area contributed by atoms with Gasteiger partial charge < -0.3 is 11.1 Å². The van der Waals surface area contributed by atoms with E-state index in [4.69, 9.17) is 0 Å². The maximum atomic E-state index is 4.54. The summed E-state index contributed by atoms with van der Waals surface area (Å²) in [5.74, 6) is 0.760. The summed E-state index contributed by atoms with van der Waals surface area (Å²) in [7, 11) is 0. The third kappa shape index (κ3) is 3.44. The molecular formula is C11H16N2S. The van der Waals surface area contributed by atoms with Gasteiger partial charge in [0.05, 0.1) is 5.49 Å². The van der Waals surface area contributed by atoms with Crippen molar-refractivity contribution in [3.05, 3.63) is 35.9 Å². The van der Waals surface area contributed by atoms with Crippen LogP contribution in [0.2, 0.25) is 0 Å². The Morgan fingerprint density at radius 3 is 2.50 bits per heavy atom. The van der Waals surface area contributed by atoms with Crippen molar-refractivity contribution in [2.45, 2.75) is 12.3 Å². The molecule has 1 fully saturated rings. The maximum Gasteiger partial charge on any atom is 0.0588 e. The number of nitrogens with one attached hydrogen (secondary N) is 1. The zero-order valence-corrected chi connectivity index (χ0v) is 8.96. The summed E-state index contributed by atoms with van der Waals surface area (Å²) >= 11 is 4.05. The van der Waals surface area contributed by atoms with Gasteiger partial charge in [-0.25, -0.2) is 0 Å². The summed E-state index contributed by atoms with van der Waals surface area (Å²) in [4.78, 5) is 0. The van der Waals surface area contributed by atoms with Crippen LogP contribution in [0, 0.1) is 0 Å². The van der Waals surface area contributed by atoms with Crippen LogP contribution in [0.15, 0.2) is 30.3 Å². The van der Waals surface area contributed by atoms with Crippen LogP contribution in [0.3, 0.4) is 0 Å². The summed E-state index contributed by atoms with van der Waals surface area (Å²) in [6, 6.07) is 10.8. The van der Waals surface area contributed by atoms with Crippen LogP contribution in [0.1, 0.15) is 17.9 Å². The van der Waals surface area contributed by atoms with E-state index in [0.29, 0.717) is 0 Å². The van der Waals surface area contributed by atoms with Gasteiger partial charge >= 0.3 is 0 Å². The number of hydrogen-bond donors (Lipinski definition) is 2. The first-order valence-electron chi connectivity index (χ1n) is 4.79. The van der Waals surface area contributed by atoms with Crippen LogP contribution in [-0.2, 0) is 0 Å². The molecule has 1 atom stereocenters. The Labute approximate surface area is 90.5 Å². The van der Waals surface area contributed by atoms with E-state index >= 15 is 0 Å². The second kappa shape index (κ2) is 6.51. The molecule has 1 aromatic rings. The van der Waals surface area contributed by atoms with E-state index in [1.807, 2.05) is 0 Å². The fourth-order valence-corrected chi connectivity index (χ4v) is 1.66. The number of thiocarbonyl (C=S) groups is 1. The van der Waals surface area contributed by atoms with Gasteiger partial charge in [-0.2, -0.15) is 0 Å². The van der Waals surface area contributed by atoms with E-state index in [9.17, 15) is 0 Å². The number of nitrogens with two attached hydrogens (primary N) is 1. The quantitative estimate of drug-likeness (QED) is 0.689. The molecule has 76 valence electrons. The Morgan fingerprint density at radius 2 is 2.00 bits per heavy atom. The third-order valence-electron chi connectivity index (χ3n) is 2.33. The molecule has 0 amide bonds. The van der Waals surface area contributed by atoms with Crippen LogP contribution in [0.4, 0.5) is 0 Å². The van der Waals surface area contributed by atoms with Crippen molar-refractivity contribution < 1.29 is 0 Å². The lowest BCUT2D eigenvalue weighted by atomic mass is 9.99. The van der Waals surface area contributed by atoms with Crippen LogP contribution in [0.25, 0.3) is 0 Å². The average Bonchev–Trinajstić information content (AvgIpc) is 2.73. The molecule has 0 aliphatic carbocycles. The highest BCUT2D eigenvalue weighted by Crippen LogP contribution is 2.21. The lowest BCUT2D eigenvalue weighted by Crippen LogP contribution is -2.07. The highest BCUT2D eigenvalue weighted by Gasteiger charge is 2.15. The van der Waals surface area contributed by atoms with Crippen molar-refractivity contribution in [2.75, 3.05) is 13.1 Å². The van der Waals surface area contributed by atoms with E-state index < -0.39 is 0 Å². The largest absolute Gasteiger partial charge is 0.396 e. The van der Waals surface area contributed by atoms with Crippen LogP contribution in [-0.4, -0.2) is 18.6 Å². The monoisotopic (exact) mass is 208 g/mol. The molecule has 2 nitrogen and oxygen atoms in total. The molecule has 14 heavy (non-hydrogen) atoms. The first-order chi connectivity index (χ1) is 6.88. The van der Waals surface area contributed by atoms with Crippen molar-refractivity contribution in [3.8, 4) is 0 Å². The standard InChI is InChI=1S/C10H13N.CH3NS/c1-2-4-9(5-3-1)10-6-7-11-8-10;2-1-3/h1-5,10-11H,6-8H2;1H,(H2,2,3)/t10-;/m1./s1. The highest BCUT2D eigenvalue weighted by atomic mass is 32.1. The predicted octanol–water partition coefficient (Wildman–Crippen LogP) is 1.67.